The minimum atomic E-state index is -3.53. The van der Waals surface area contributed by atoms with Gasteiger partial charge in [-0.05, 0) is 24.1 Å². The molecular formula is C13H18FNO4S. The number of rotatable bonds is 8. The molecule has 0 atom stereocenters. The Morgan fingerprint density at radius 3 is 2.65 bits per heavy atom. The van der Waals surface area contributed by atoms with E-state index in [9.17, 15) is 17.6 Å². The van der Waals surface area contributed by atoms with Crippen LogP contribution in [0.15, 0.2) is 24.3 Å². The topological polar surface area (TPSA) is 74.7 Å². The van der Waals surface area contributed by atoms with E-state index in [1.165, 1.54) is 22.5 Å². The molecule has 0 fully saturated rings. The van der Waals surface area contributed by atoms with Gasteiger partial charge in [0.1, 0.15) is 5.82 Å². The van der Waals surface area contributed by atoms with Gasteiger partial charge >= 0.3 is 5.97 Å². The number of hydrogen-bond acceptors (Lipinski definition) is 3. The van der Waals surface area contributed by atoms with Crippen LogP contribution < -0.4 is 0 Å². The van der Waals surface area contributed by atoms with Crippen LogP contribution in [-0.2, 0) is 21.4 Å². The van der Waals surface area contributed by atoms with Crippen molar-refractivity contribution < 1.29 is 22.7 Å². The Hall–Kier alpha value is -1.47. The Bertz CT molecular complexity index is 559. The van der Waals surface area contributed by atoms with Gasteiger partial charge in [0.05, 0.1) is 5.75 Å². The Morgan fingerprint density at radius 2 is 2.10 bits per heavy atom. The number of sulfonamides is 1. The average Bonchev–Trinajstić information content (AvgIpc) is 2.35. The summed E-state index contributed by atoms with van der Waals surface area (Å²) in [5.41, 5.74) is 0.564. The van der Waals surface area contributed by atoms with Crippen molar-refractivity contribution in [2.45, 2.75) is 26.3 Å². The van der Waals surface area contributed by atoms with Gasteiger partial charge in [-0.1, -0.05) is 19.1 Å². The predicted octanol–water partition coefficient (Wildman–Crippen LogP) is 1.84. The van der Waals surface area contributed by atoms with Crippen molar-refractivity contribution in [2.24, 2.45) is 0 Å². The van der Waals surface area contributed by atoms with Crippen LogP contribution in [0.3, 0.4) is 0 Å². The van der Waals surface area contributed by atoms with Crippen LogP contribution >= 0.6 is 0 Å². The number of halogens is 1. The van der Waals surface area contributed by atoms with Crippen LogP contribution in [0.25, 0.3) is 0 Å². The second-order valence-electron chi connectivity index (χ2n) is 4.37. The molecule has 1 rings (SSSR count). The zero-order chi connectivity index (χ0) is 15.2. The molecule has 1 aromatic rings. The van der Waals surface area contributed by atoms with Gasteiger partial charge < -0.3 is 5.11 Å². The molecule has 0 spiro atoms. The third-order valence-electron chi connectivity index (χ3n) is 2.79. The first-order valence-corrected chi connectivity index (χ1v) is 7.90. The first kappa shape index (κ1) is 16.6. The monoisotopic (exact) mass is 303 g/mol. The molecule has 0 saturated heterocycles. The predicted molar refractivity (Wildman–Crippen MR) is 73.1 cm³/mol. The van der Waals surface area contributed by atoms with E-state index in [0.717, 1.165) is 0 Å². The van der Waals surface area contributed by atoms with Gasteiger partial charge in [0.15, 0.2) is 0 Å². The number of carboxylic acid groups (broad SMARTS) is 1. The van der Waals surface area contributed by atoms with Crippen LogP contribution in [0.5, 0.6) is 0 Å². The fourth-order valence-electron chi connectivity index (χ4n) is 1.78. The molecule has 20 heavy (non-hydrogen) atoms. The molecule has 5 nitrogen and oxygen atoms in total. The second kappa shape index (κ2) is 7.35. The van der Waals surface area contributed by atoms with E-state index >= 15 is 0 Å². The summed E-state index contributed by atoms with van der Waals surface area (Å²) in [5, 5.41) is 8.52. The summed E-state index contributed by atoms with van der Waals surface area (Å²) in [6, 6.07) is 5.75. The summed E-state index contributed by atoms with van der Waals surface area (Å²) >= 11 is 0. The molecule has 1 N–H and O–H groups in total. The van der Waals surface area contributed by atoms with Crippen molar-refractivity contribution in [3.63, 3.8) is 0 Å². The van der Waals surface area contributed by atoms with Crippen LogP contribution in [0.2, 0.25) is 0 Å². The maximum Gasteiger partial charge on any atom is 0.303 e. The highest BCUT2D eigenvalue weighted by molar-refractivity contribution is 7.89. The maximum absolute atomic E-state index is 13.1. The number of aliphatic carboxylic acids is 1. The molecule has 0 saturated carbocycles. The van der Waals surface area contributed by atoms with Crippen molar-refractivity contribution in [3.05, 3.63) is 35.6 Å². The molecule has 0 aromatic heterocycles. The molecule has 1 aromatic carbocycles. The molecule has 0 radical (unpaired) electrons. The van der Waals surface area contributed by atoms with Crippen LogP contribution in [0.1, 0.15) is 25.3 Å². The number of carbonyl (C=O) groups is 1. The molecule has 0 amide bonds. The normalized spacial score (nSPS) is 11.8. The van der Waals surface area contributed by atoms with Gasteiger partial charge in [-0.25, -0.2) is 12.8 Å². The summed E-state index contributed by atoms with van der Waals surface area (Å²) < 4.78 is 38.4. The number of hydrogen-bond donors (Lipinski definition) is 1. The van der Waals surface area contributed by atoms with Crippen molar-refractivity contribution in [1.29, 1.82) is 0 Å². The van der Waals surface area contributed by atoms with Gasteiger partial charge in [0.25, 0.3) is 0 Å². The van der Waals surface area contributed by atoms with Crippen molar-refractivity contribution in [1.82, 2.24) is 4.31 Å². The summed E-state index contributed by atoms with van der Waals surface area (Å²) in [5.74, 6) is -1.65. The van der Waals surface area contributed by atoms with E-state index in [0.29, 0.717) is 5.56 Å². The molecule has 112 valence electrons. The van der Waals surface area contributed by atoms with Gasteiger partial charge in [0.2, 0.25) is 10.0 Å². The van der Waals surface area contributed by atoms with E-state index in [1.54, 1.807) is 13.0 Å². The first-order valence-electron chi connectivity index (χ1n) is 6.29. The third-order valence-corrected chi connectivity index (χ3v) is 4.77. The molecule has 0 aliphatic carbocycles. The van der Waals surface area contributed by atoms with E-state index in [-0.39, 0.29) is 31.7 Å². The van der Waals surface area contributed by atoms with Gasteiger partial charge in [-0.2, -0.15) is 4.31 Å². The second-order valence-corrected chi connectivity index (χ2v) is 6.46. The van der Waals surface area contributed by atoms with Gasteiger partial charge in [0, 0.05) is 19.5 Å². The fourth-order valence-corrected chi connectivity index (χ4v) is 3.29. The summed E-state index contributed by atoms with van der Waals surface area (Å²) in [6.45, 7) is 2.03. The standard InChI is InChI=1S/C13H18FNO4S/c1-2-15(10-11-5-3-6-12(14)9-11)20(18,19)8-4-7-13(16)17/h3,5-6,9H,2,4,7-8,10H2,1H3,(H,16,17). The lowest BCUT2D eigenvalue weighted by Crippen LogP contribution is -2.32. The van der Waals surface area contributed by atoms with E-state index in [1.807, 2.05) is 0 Å². The molecular weight excluding hydrogens is 285 g/mol. The third kappa shape index (κ3) is 5.26. The molecule has 7 heteroatoms. The first-order chi connectivity index (χ1) is 9.35. The van der Waals surface area contributed by atoms with Crippen molar-refractivity contribution in [2.75, 3.05) is 12.3 Å². The summed E-state index contributed by atoms with van der Waals surface area (Å²) in [7, 11) is -3.53. The van der Waals surface area contributed by atoms with Gasteiger partial charge in [-0.15, -0.1) is 0 Å². The highest BCUT2D eigenvalue weighted by atomic mass is 32.2. The molecule has 0 heterocycles. The van der Waals surface area contributed by atoms with E-state index < -0.39 is 21.8 Å². The average molecular weight is 303 g/mol. The lowest BCUT2D eigenvalue weighted by Gasteiger charge is -2.20. The Labute approximate surface area is 118 Å². The van der Waals surface area contributed by atoms with Crippen molar-refractivity contribution in [3.8, 4) is 0 Å². The Kier molecular flexibility index (Phi) is 6.09. The lowest BCUT2D eigenvalue weighted by atomic mass is 10.2. The number of carboxylic acids is 1. The molecule has 0 bridgehead atoms. The zero-order valence-corrected chi connectivity index (χ0v) is 12.1. The van der Waals surface area contributed by atoms with Gasteiger partial charge in [-0.3, -0.25) is 4.79 Å². The SMILES string of the molecule is CCN(Cc1cccc(F)c1)S(=O)(=O)CCCC(=O)O. The molecule has 0 aliphatic rings. The quantitative estimate of drug-likeness (QED) is 0.795. The smallest absolute Gasteiger partial charge is 0.303 e. The minimum Gasteiger partial charge on any atom is -0.481 e. The Balaban J connectivity index is 2.71. The largest absolute Gasteiger partial charge is 0.481 e. The lowest BCUT2D eigenvalue weighted by molar-refractivity contribution is -0.137. The summed E-state index contributed by atoms with van der Waals surface area (Å²) in [4.78, 5) is 10.4. The maximum atomic E-state index is 13.1. The number of benzene rings is 1. The molecule has 0 aliphatic heterocycles. The van der Waals surface area contributed by atoms with Crippen LogP contribution in [-0.4, -0.2) is 36.1 Å². The highest BCUT2D eigenvalue weighted by Gasteiger charge is 2.20. The minimum absolute atomic E-state index is 0.0668. The Morgan fingerprint density at radius 1 is 1.40 bits per heavy atom. The van der Waals surface area contributed by atoms with E-state index in [2.05, 4.69) is 0 Å². The van der Waals surface area contributed by atoms with Crippen LogP contribution in [0, 0.1) is 5.82 Å². The fraction of sp³-hybridized carbons (Fsp3) is 0.462. The van der Waals surface area contributed by atoms with Crippen molar-refractivity contribution >= 4 is 16.0 Å². The molecule has 0 unspecified atom stereocenters. The zero-order valence-electron chi connectivity index (χ0n) is 11.3. The van der Waals surface area contributed by atoms with Crippen LogP contribution in [0.4, 0.5) is 4.39 Å². The highest BCUT2D eigenvalue weighted by Crippen LogP contribution is 2.12. The number of nitrogens with zero attached hydrogens (tertiary/aromatic N) is 1. The van der Waals surface area contributed by atoms with E-state index in [4.69, 9.17) is 5.11 Å². The summed E-state index contributed by atoms with van der Waals surface area (Å²) in [6.07, 6.45) is -0.117.